The summed E-state index contributed by atoms with van der Waals surface area (Å²) in [5.74, 6) is -1.20. The lowest BCUT2D eigenvalue weighted by Gasteiger charge is -2.26. The van der Waals surface area contributed by atoms with Crippen LogP contribution in [0, 0.1) is 5.92 Å². The number of anilines is 1. The zero-order valence-electron chi connectivity index (χ0n) is 23.1. The van der Waals surface area contributed by atoms with E-state index in [0.717, 1.165) is 0 Å². The third-order valence-corrected chi connectivity index (χ3v) is 5.32. The summed E-state index contributed by atoms with van der Waals surface area (Å²) in [5.41, 5.74) is 0.479. The maximum atomic E-state index is 12.7. The van der Waals surface area contributed by atoms with E-state index in [1.54, 1.807) is 65.9 Å². The Morgan fingerprint density at radius 2 is 1.58 bits per heavy atom. The molecule has 3 N–H and O–H groups in total. The van der Waals surface area contributed by atoms with Crippen molar-refractivity contribution in [2.24, 2.45) is 5.92 Å². The molecule has 2 atom stereocenters. The van der Waals surface area contributed by atoms with E-state index in [-0.39, 0.29) is 18.9 Å². The summed E-state index contributed by atoms with van der Waals surface area (Å²) < 4.78 is 10.5. The van der Waals surface area contributed by atoms with E-state index in [4.69, 9.17) is 21.1 Å². The molecular formula is C26H39ClN4O7. The van der Waals surface area contributed by atoms with E-state index in [2.05, 4.69) is 16.0 Å². The van der Waals surface area contributed by atoms with Crippen molar-refractivity contribution in [3.05, 3.63) is 29.8 Å². The van der Waals surface area contributed by atoms with Crippen molar-refractivity contribution in [2.75, 3.05) is 18.9 Å². The number of hydrogen-bond donors (Lipinski definition) is 3. The molecule has 0 aliphatic carbocycles. The average molecular weight is 555 g/mol. The number of amides is 4. The van der Waals surface area contributed by atoms with Gasteiger partial charge < -0.3 is 30.3 Å². The first-order chi connectivity index (χ1) is 17.6. The van der Waals surface area contributed by atoms with Crippen LogP contribution in [0.15, 0.2) is 24.3 Å². The van der Waals surface area contributed by atoms with Crippen molar-refractivity contribution < 1.29 is 33.4 Å². The summed E-state index contributed by atoms with van der Waals surface area (Å²) >= 11 is 5.29. The van der Waals surface area contributed by atoms with E-state index in [1.165, 1.54) is 11.8 Å². The van der Waals surface area contributed by atoms with Crippen molar-refractivity contribution in [1.82, 2.24) is 15.5 Å². The standard InChI is InChI=1S/C26H39ClN4O7/c1-16(2)21(30-24(35)38-26(4,5)6)23(34)28-17(3)22(33)29-19-12-10-18(11-13-19)15-37-25(36)31(7)14-8-9-20(27)32/h10-13,16-17,21H,8-9,14-15H2,1-7H3,(H,28,34)(H,29,33)(H,30,35). The third-order valence-electron chi connectivity index (χ3n) is 5.14. The van der Waals surface area contributed by atoms with Crippen LogP contribution in [0.5, 0.6) is 0 Å². The highest BCUT2D eigenvalue weighted by molar-refractivity contribution is 6.63. The molecule has 0 fully saturated rings. The number of carbonyl (C=O) groups excluding carboxylic acids is 5. The predicted octanol–water partition coefficient (Wildman–Crippen LogP) is 3.79. The summed E-state index contributed by atoms with van der Waals surface area (Å²) in [6.07, 6.45) is -0.631. The van der Waals surface area contributed by atoms with E-state index in [9.17, 15) is 24.0 Å². The fourth-order valence-corrected chi connectivity index (χ4v) is 3.21. The average Bonchev–Trinajstić information content (AvgIpc) is 2.80. The van der Waals surface area contributed by atoms with Crippen molar-refractivity contribution in [1.29, 1.82) is 0 Å². The molecule has 2 unspecified atom stereocenters. The topological polar surface area (TPSA) is 143 Å². The summed E-state index contributed by atoms with van der Waals surface area (Å²) in [5, 5.41) is 7.42. The molecule has 0 radical (unpaired) electrons. The second kappa shape index (κ2) is 15.2. The Morgan fingerprint density at radius 1 is 0.974 bits per heavy atom. The Labute approximate surface area is 228 Å². The molecule has 38 heavy (non-hydrogen) atoms. The first-order valence-corrected chi connectivity index (χ1v) is 12.7. The quantitative estimate of drug-likeness (QED) is 0.333. The van der Waals surface area contributed by atoms with Crippen LogP contribution in [0.25, 0.3) is 0 Å². The van der Waals surface area contributed by atoms with E-state index >= 15 is 0 Å². The Bertz CT molecular complexity index is 977. The van der Waals surface area contributed by atoms with Gasteiger partial charge in [0.2, 0.25) is 17.1 Å². The molecule has 12 heteroatoms. The summed E-state index contributed by atoms with van der Waals surface area (Å²) in [6.45, 7) is 10.6. The number of ether oxygens (including phenoxy) is 2. The molecule has 0 bridgehead atoms. The monoisotopic (exact) mass is 554 g/mol. The first kappa shape index (κ1) is 32.7. The molecule has 0 aliphatic rings. The lowest BCUT2D eigenvalue weighted by Crippen LogP contribution is -2.54. The van der Waals surface area contributed by atoms with Gasteiger partial charge in [0.1, 0.15) is 24.3 Å². The molecule has 0 spiro atoms. The number of halogens is 1. The maximum absolute atomic E-state index is 12.7. The molecule has 0 aromatic heterocycles. The number of benzene rings is 1. The fourth-order valence-electron chi connectivity index (χ4n) is 3.07. The Hall–Kier alpha value is -3.34. The second-order valence-corrected chi connectivity index (χ2v) is 10.6. The Kier molecular flexibility index (Phi) is 13.0. The molecule has 1 rings (SSSR count). The van der Waals surface area contributed by atoms with Gasteiger partial charge in [0.25, 0.3) is 0 Å². The highest BCUT2D eigenvalue weighted by Gasteiger charge is 2.29. The SMILES string of the molecule is CC(NC(=O)C(NC(=O)OC(C)(C)C)C(C)C)C(=O)Nc1ccc(COC(=O)N(C)CCCC(=O)Cl)cc1. The van der Waals surface area contributed by atoms with Gasteiger partial charge in [0, 0.05) is 25.7 Å². The van der Waals surface area contributed by atoms with Gasteiger partial charge in [-0.15, -0.1) is 0 Å². The van der Waals surface area contributed by atoms with Crippen LogP contribution < -0.4 is 16.0 Å². The number of nitrogens with zero attached hydrogens (tertiary/aromatic N) is 1. The lowest BCUT2D eigenvalue weighted by atomic mass is 10.0. The fraction of sp³-hybridized carbons (Fsp3) is 0.577. The van der Waals surface area contributed by atoms with Gasteiger partial charge in [-0.3, -0.25) is 14.4 Å². The number of hydrogen-bond acceptors (Lipinski definition) is 7. The number of nitrogens with one attached hydrogen (secondary N) is 3. The molecule has 0 heterocycles. The first-order valence-electron chi connectivity index (χ1n) is 12.3. The number of alkyl carbamates (subject to hydrolysis) is 1. The minimum absolute atomic E-state index is 0.0273. The summed E-state index contributed by atoms with van der Waals surface area (Å²) in [4.78, 5) is 61.6. The third kappa shape index (κ3) is 12.8. The zero-order valence-corrected chi connectivity index (χ0v) is 23.8. The highest BCUT2D eigenvalue weighted by Crippen LogP contribution is 2.13. The Morgan fingerprint density at radius 3 is 2.11 bits per heavy atom. The van der Waals surface area contributed by atoms with Crippen LogP contribution in [0.2, 0.25) is 0 Å². The van der Waals surface area contributed by atoms with E-state index < -0.39 is 46.9 Å². The van der Waals surface area contributed by atoms with Gasteiger partial charge in [-0.1, -0.05) is 26.0 Å². The van der Waals surface area contributed by atoms with Gasteiger partial charge in [-0.05, 0) is 69.3 Å². The van der Waals surface area contributed by atoms with Crippen LogP contribution in [-0.4, -0.2) is 65.4 Å². The van der Waals surface area contributed by atoms with E-state index in [0.29, 0.717) is 24.2 Å². The lowest BCUT2D eigenvalue weighted by molar-refractivity contribution is -0.128. The van der Waals surface area contributed by atoms with Crippen molar-refractivity contribution in [3.8, 4) is 0 Å². The van der Waals surface area contributed by atoms with Crippen LogP contribution in [0.1, 0.15) is 59.9 Å². The van der Waals surface area contributed by atoms with Gasteiger partial charge in [-0.2, -0.15) is 0 Å². The number of rotatable bonds is 12. The van der Waals surface area contributed by atoms with Gasteiger partial charge in [0.15, 0.2) is 0 Å². The number of carbonyl (C=O) groups is 5. The minimum atomic E-state index is -0.885. The van der Waals surface area contributed by atoms with Crippen LogP contribution in [0.3, 0.4) is 0 Å². The molecule has 1 aromatic rings. The molecule has 0 saturated heterocycles. The molecule has 0 saturated carbocycles. The van der Waals surface area contributed by atoms with Crippen molar-refractivity contribution >= 4 is 46.5 Å². The Balaban J connectivity index is 2.58. The van der Waals surface area contributed by atoms with Gasteiger partial charge in [0.05, 0.1) is 0 Å². The summed E-state index contributed by atoms with van der Waals surface area (Å²) in [7, 11) is 1.57. The van der Waals surface area contributed by atoms with Crippen LogP contribution in [-0.2, 0) is 30.5 Å². The van der Waals surface area contributed by atoms with Crippen molar-refractivity contribution in [3.63, 3.8) is 0 Å². The van der Waals surface area contributed by atoms with Crippen molar-refractivity contribution in [2.45, 2.75) is 78.7 Å². The van der Waals surface area contributed by atoms with Crippen LogP contribution >= 0.6 is 11.6 Å². The normalized spacial score (nSPS) is 12.7. The molecule has 0 aliphatic heterocycles. The summed E-state index contributed by atoms with van der Waals surface area (Å²) in [6, 6.07) is 4.91. The molecular weight excluding hydrogens is 516 g/mol. The maximum Gasteiger partial charge on any atom is 0.409 e. The molecule has 4 amide bonds. The molecule has 11 nitrogen and oxygen atoms in total. The van der Waals surface area contributed by atoms with Gasteiger partial charge in [-0.25, -0.2) is 9.59 Å². The van der Waals surface area contributed by atoms with E-state index in [1.807, 2.05) is 0 Å². The van der Waals surface area contributed by atoms with Gasteiger partial charge >= 0.3 is 12.2 Å². The largest absolute Gasteiger partial charge is 0.445 e. The smallest absolute Gasteiger partial charge is 0.409 e. The molecule has 1 aromatic carbocycles. The minimum Gasteiger partial charge on any atom is -0.445 e. The second-order valence-electron chi connectivity index (χ2n) is 10.2. The molecule has 212 valence electrons. The predicted molar refractivity (Wildman–Crippen MR) is 144 cm³/mol. The highest BCUT2D eigenvalue weighted by atomic mass is 35.5. The zero-order chi connectivity index (χ0) is 29.0. The van der Waals surface area contributed by atoms with Crippen LogP contribution in [0.4, 0.5) is 15.3 Å².